The van der Waals surface area contributed by atoms with E-state index in [0.717, 1.165) is 28.7 Å². The maximum Gasteiger partial charge on any atom is 0.338 e. The van der Waals surface area contributed by atoms with Crippen LogP contribution in [-0.2, 0) is 9.53 Å². The Morgan fingerprint density at radius 3 is 2.57 bits per heavy atom. The second-order valence-corrected chi connectivity index (χ2v) is 6.87. The SMILES string of the molecule is Cc1[nH]c2ccccc2c1C(=O)COC(=O)c1ccc(N2CCCC2=O)cc1. The number of esters is 1. The summed E-state index contributed by atoms with van der Waals surface area (Å²) in [6.45, 7) is 2.20. The number of fused-ring (bicyclic) bond motifs is 1. The number of rotatable bonds is 5. The number of H-pyrrole nitrogens is 1. The van der Waals surface area contributed by atoms with Crippen LogP contribution in [0.15, 0.2) is 48.5 Å². The minimum atomic E-state index is -0.565. The molecule has 142 valence electrons. The fourth-order valence-electron chi connectivity index (χ4n) is 3.62. The number of carbonyl (C=O) groups excluding carboxylic acids is 3. The molecule has 28 heavy (non-hydrogen) atoms. The Bertz CT molecular complexity index is 1070. The molecular weight excluding hydrogens is 356 g/mol. The van der Waals surface area contributed by atoms with Gasteiger partial charge in [-0.2, -0.15) is 0 Å². The number of hydrogen-bond acceptors (Lipinski definition) is 4. The number of nitrogens with zero attached hydrogens (tertiary/aromatic N) is 1. The lowest BCUT2D eigenvalue weighted by Crippen LogP contribution is -2.23. The summed E-state index contributed by atoms with van der Waals surface area (Å²) < 4.78 is 5.22. The third-order valence-electron chi connectivity index (χ3n) is 4.99. The highest BCUT2D eigenvalue weighted by Gasteiger charge is 2.22. The van der Waals surface area contributed by atoms with Gasteiger partial charge in [0, 0.05) is 40.8 Å². The molecule has 0 saturated carbocycles. The monoisotopic (exact) mass is 376 g/mol. The molecule has 2 aromatic carbocycles. The van der Waals surface area contributed by atoms with Crippen LogP contribution >= 0.6 is 0 Å². The van der Waals surface area contributed by atoms with Gasteiger partial charge in [-0.1, -0.05) is 18.2 Å². The van der Waals surface area contributed by atoms with Crippen molar-refractivity contribution >= 4 is 34.3 Å². The van der Waals surface area contributed by atoms with Crippen molar-refractivity contribution in [2.75, 3.05) is 18.1 Å². The average molecular weight is 376 g/mol. The van der Waals surface area contributed by atoms with Crippen LogP contribution in [0.3, 0.4) is 0 Å². The average Bonchev–Trinajstić information content (AvgIpc) is 3.28. The molecule has 1 aliphatic rings. The van der Waals surface area contributed by atoms with Crippen LogP contribution in [-0.4, -0.2) is 35.8 Å². The Morgan fingerprint density at radius 2 is 1.86 bits per heavy atom. The van der Waals surface area contributed by atoms with E-state index in [1.807, 2.05) is 31.2 Å². The van der Waals surface area contributed by atoms with E-state index in [1.165, 1.54) is 0 Å². The van der Waals surface area contributed by atoms with Gasteiger partial charge in [0.25, 0.3) is 0 Å². The number of Topliss-reactive ketones (excluding diaryl/α,β-unsaturated/α-hetero) is 1. The van der Waals surface area contributed by atoms with Crippen molar-refractivity contribution in [3.63, 3.8) is 0 Å². The molecule has 0 radical (unpaired) electrons. The second-order valence-electron chi connectivity index (χ2n) is 6.87. The summed E-state index contributed by atoms with van der Waals surface area (Å²) in [5.74, 6) is -0.720. The van der Waals surface area contributed by atoms with Gasteiger partial charge in [-0.3, -0.25) is 9.59 Å². The zero-order valence-electron chi connectivity index (χ0n) is 15.5. The third kappa shape index (κ3) is 3.29. The first kappa shape index (κ1) is 18.0. The van der Waals surface area contributed by atoms with Gasteiger partial charge in [-0.15, -0.1) is 0 Å². The molecule has 1 aromatic heterocycles. The number of ether oxygens (including phenoxy) is 1. The largest absolute Gasteiger partial charge is 0.454 e. The molecule has 3 aromatic rings. The zero-order chi connectivity index (χ0) is 19.7. The fourth-order valence-corrected chi connectivity index (χ4v) is 3.62. The molecule has 4 rings (SSSR count). The quantitative estimate of drug-likeness (QED) is 0.545. The van der Waals surface area contributed by atoms with E-state index < -0.39 is 5.97 Å². The van der Waals surface area contributed by atoms with Crippen molar-refractivity contribution in [1.82, 2.24) is 4.98 Å². The van der Waals surface area contributed by atoms with E-state index in [0.29, 0.717) is 24.1 Å². The highest BCUT2D eigenvalue weighted by atomic mass is 16.5. The predicted molar refractivity (Wildman–Crippen MR) is 106 cm³/mol. The highest BCUT2D eigenvalue weighted by Crippen LogP contribution is 2.23. The topological polar surface area (TPSA) is 79.5 Å². The molecular formula is C22H20N2O4. The number of ketones is 1. The zero-order valence-corrected chi connectivity index (χ0v) is 15.5. The number of amides is 1. The van der Waals surface area contributed by atoms with Crippen LogP contribution in [0.4, 0.5) is 5.69 Å². The first-order valence-corrected chi connectivity index (χ1v) is 9.22. The third-order valence-corrected chi connectivity index (χ3v) is 4.99. The Balaban J connectivity index is 1.43. The lowest BCUT2D eigenvalue weighted by atomic mass is 10.1. The molecule has 2 heterocycles. The van der Waals surface area contributed by atoms with E-state index >= 15 is 0 Å². The number of nitrogens with one attached hydrogen (secondary N) is 1. The van der Waals surface area contributed by atoms with Crippen molar-refractivity contribution in [2.45, 2.75) is 19.8 Å². The number of aromatic amines is 1. The van der Waals surface area contributed by atoms with Crippen molar-refractivity contribution in [2.24, 2.45) is 0 Å². The Hall–Kier alpha value is -3.41. The summed E-state index contributed by atoms with van der Waals surface area (Å²) in [5.41, 5.74) is 3.29. The fraction of sp³-hybridized carbons (Fsp3) is 0.227. The minimum Gasteiger partial charge on any atom is -0.454 e. The number of hydrogen-bond donors (Lipinski definition) is 1. The number of aryl methyl sites for hydroxylation is 1. The van der Waals surface area contributed by atoms with E-state index in [-0.39, 0.29) is 18.3 Å². The molecule has 0 atom stereocenters. The normalized spacial score (nSPS) is 13.9. The molecule has 1 saturated heterocycles. The summed E-state index contributed by atoms with van der Waals surface area (Å²) >= 11 is 0. The summed E-state index contributed by atoms with van der Waals surface area (Å²) in [6.07, 6.45) is 1.40. The Kier molecular flexibility index (Phi) is 4.69. The maximum atomic E-state index is 12.6. The summed E-state index contributed by atoms with van der Waals surface area (Å²) in [6, 6.07) is 14.2. The van der Waals surface area contributed by atoms with Gasteiger partial charge < -0.3 is 14.6 Å². The van der Waals surface area contributed by atoms with Crippen molar-refractivity contribution in [3.05, 3.63) is 65.4 Å². The molecule has 0 unspecified atom stereocenters. The van der Waals surface area contributed by atoms with E-state index in [4.69, 9.17) is 4.74 Å². The number of aromatic nitrogens is 1. The predicted octanol–water partition coefficient (Wildman–Crippen LogP) is 3.64. The van der Waals surface area contributed by atoms with Gasteiger partial charge in [0.05, 0.1) is 5.56 Å². The van der Waals surface area contributed by atoms with E-state index in [2.05, 4.69) is 4.98 Å². The van der Waals surface area contributed by atoms with Gasteiger partial charge in [0.1, 0.15) is 0 Å². The second kappa shape index (κ2) is 7.31. The Morgan fingerprint density at radius 1 is 1.11 bits per heavy atom. The molecule has 1 amide bonds. The molecule has 1 N–H and O–H groups in total. The van der Waals surface area contributed by atoms with Gasteiger partial charge in [-0.25, -0.2) is 4.79 Å². The number of carbonyl (C=O) groups is 3. The van der Waals surface area contributed by atoms with Gasteiger partial charge in [-0.05, 0) is 43.7 Å². The van der Waals surface area contributed by atoms with Gasteiger partial charge in [0.2, 0.25) is 11.7 Å². The summed E-state index contributed by atoms with van der Waals surface area (Å²) in [7, 11) is 0. The minimum absolute atomic E-state index is 0.0926. The van der Waals surface area contributed by atoms with Gasteiger partial charge in [0.15, 0.2) is 6.61 Å². The smallest absolute Gasteiger partial charge is 0.338 e. The summed E-state index contributed by atoms with van der Waals surface area (Å²) in [4.78, 5) is 41.6. The van der Waals surface area contributed by atoms with Crippen LogP contribution in [0, 0.1) is 6.92 Å². The molecule has 6 nitrogen and oxygen atoms in total. The summed E-state index contributed by atoms with van der Waals surface area (Å²) in [5, 5.41) is 0.820. The number of para-hydroxylation sites is 1. The Labute approximate surface area is 162 Å². The molecule has 1 aliphatic heterocycles. The lowest BCUT2D eigenvalue weighted by Gasteiger charge is -2.15. The molecule has 6 heteroatoms. The number of anilines is 1. The first-order chi connectivity index (χ1) is 13.5. The first-order valence-electron chi connectivity index (χ1n) is 9.22. The van der Waals surface area contributed by atoms with Crippen LogP contribution in [0.1, 0.15) is 39.3 Å². The molecule has 0 bridgehead atoms. The molecule has 0 spiro atoms. The van der Waals surface area contributed by atoms with Crippen molar-refractivity contribution < 1.29 is 19.1 Å². The van der Waals surface area contributed by atoms with Crippen molar-refractivity contribution in [3.8, 4) is 0 Å². The van der Waals surface area contributed by atoms with Crippen LogP contribution in [0.25, 0.3) is 10.9 Å². The van der Waals surface area contributed by atoms with Crippen LogP contribution < -0.4 is 4.90 Å². The van der Waals surface area contributed by atoms with Crippen LogP contribution in [0.5, 0.6) is 0 Å². The van der Waals surface area contributed by atoms with Crippen molar-refractivity contribution in [1.29, 1.82) is 0 Å². The lowest BCUT2D eigenvalue weighted by molar-refractivity contribution is -0.117. The van der Waals surface area contributed by atoms with Gasteiger partial charge >= 0.3 is 5.97 Å². The molecule has 1 fully saturated rings. The standard InChI is InChI=1S/C22H20N2O4/c1-14-21(17-5-2-3-6-18(17)23-14)19(25)13-28-22(27)15-8-10-16(11-9-15)24-12-4-7-20(24)26/h2-3,5-6,8-11,23H,4,7,12-13H2,1H3. The maximum absolute atomic E-state index is 12.6. The van der Waals surface area contributed by atoms with E-state index in [9.17, 15) is 14.4 Å². The number of benzene rings is 2. The van der Waals surface area contributed by atoms with E-state index in [1.54, 1.807) is 29.2 Å². The molecule has 0 aliphatic carbocycles. The highest BCUT2D eigenvalue weighted by molar-refractivity contribution is 6.10. The van der Waals surface area contributed by atoms with Crippen LogP contribution in [0.2, 0.25) is 0 Å².